The molecule has 0 spiro atoms. The summed E-state index contributed by atoms with van der Waals surface area (Å²) in [6, 6.07) is 7.37. The maximum atomic E-state index is 11.4. The number of hydrogen-bond donors (Lipinski definition) is 0. The molecule has 20 heavy (non-hydrogen) atoms. The number of carbonyl (C=O) groups is 1. The fraction of sp³-hybridized carbons (Fsp3) is 0.533. The quantitative estimate of drug-likeness (QED) is 0.598. The van der Waals surface area contributed by atoms with E-state index >= 15 is 0 Å². The Morgan fingerprint density at radius 3 is 2.85 bits per heavy atom. The molecular formula is C15H20ClNO3. The van der Waals surface area contributed by atoms with Crippen molar-refractivity contribution in [3.05, 3.63) is 29.3 Å². The predicted octanol–water partition coefficient (Wildman–Crippen LogP) is 2.60. The van der Waals surface area contributed by atoms with Crippen molar-refractivity contribution in [2.75, 3.05) is 33.4 Å². The van der Waals surface area contributed by atoms with Gasteiger partial charge in [0, 0.05) is 18.1 Å². The summed E-state index contributed by atoms with van der Waals surface area (Å²) in [6.45, 7) is 3.37. The van der Waals surface area contributed by atoms with Gasteiger partial charge in [-0.3, -0.25) is 4.79 Å². The molecule has 0 aliphatic carbocycles. The number of halogens is 1. The topological polar surface area (TPSA) is 38.8 Å². The van der Waals surface area contributed by atoms with Crippen molar-refractivity contribution >= 4 is 17.6 Å². The number of methoxy groups -OCH3 is 1. The van der Waals surface area contributed by atoms with Crippen LogP contribution in [0, 0.1) is 5.92 Å². The summed E-state index contributed by atoms with van der Waals surface area (Å²) in [5, 5.41) is 0.711. The van der Waals surface area contributed by atoms with Gasteiger partial charge < -0.3 is 14.4 Å². The maximum Gasteiger partial charge on any atom is 0.310 e. The van der Waals surface area contributed by atoms with Crippen molar-refractivity contribution in [2.45, 2.75) is 12.8 Å². The van der Waals surface area contributed by atoms with Crippen LogP contribution >= 0.6 is 11.6 Å². The first kappa shape index (κ1) is 15.1. The van der Waals surface area contributed by atoms with Gasteiger partial charge in [0.15, 0.2) is 0 Å². The standard InChI is InChI=1S/C15H20ClNO3/c1-19-15(18)12-7-9-17(11-12)8-2-10-20-14-5-3-13(16)4-6-14/h3-6,12H,2,7-11H2,1H3. The highest BCUT2D eigenvalue weighted by Crippen LogP contribution is 2.18. The molecule has 0 radical (unpaired) electrons. The van der Waals surface area contributed by atoms with Crippen LogP contribution < -0.4 is 4.74 Å². The minimum absolute atomic E-state index is 0.0391. The van der Waals surface area contributed by atoms with E-state index < -0.39 is 0 Å². The fourth-order valence-corrected chi connectivity index (χ4v) is 2.53. The molecule has 1 aromatic rings. The van der Waals surface area contributed by atoms with Crippen LogP contribution in [0.4, 0.5) is 0 Å². The molecule has 0 bridgehead atoms. The molecule has 0 aromatic heterocycles. The molecule has 1 saturated heterocycles. The zero-order valence-corrected chi connectivity index (χ0v) is 12.4. The number of likely N-dealkylation sites (tertiary alicyclic amines) is 1. The SMILES string of the molecule is COC(=O)C1CCN(CCCOc2ccc(Cl)cc2)C1. The lowest BCUT2D eigenvalue weighted by Gasteiger charge is -2.15. The van der Waals surface area contributed by atoms with E-state index in [4.69, 9.17) is 21.1 Å². The van der Waals surface area contributed by atoms with E-state index in [0.29, 0.717) is 11.6 Å². The van der Waals surface area contributed by atoms with Gasteiger partial charge in [0.2, 0.25) is 0 Å². The highest BCUT2D eigenvalue weighted by molar-refractivity contribution is 6.30. The highest BCUT2D eigenvalue weighted by atomic mass is 35.5. The third-order valence-electron chi connectivity index (χ3n) is 3.51. The number of hydrogen-bond acceptors (Lipinski definition) is 4. The number of esters is 1. The van der Waals surface area contributed by atoms with Crippen LogP contribution in [-0.2, 0) is 9.53 Å². The zero-order valence-electron chi connectivity index (χ0n) is 11.7. The molecule has 0 saturated carbocycles. The highest BCUT2D eigenvalue weighted by Gasteiger charge is 2.28. The number of benzene rings is 1. The van der Waals surface area contributed by atoms with Gasteiger partial charge in [0.1, 0.15) is 5.75 Å². The van der Waals surface area contributed by atoms with Crippen LogP contribution in [0.3, 0.4) is 0 Å². The summed E-state index contributed by atoms with van der Waals surface area (Å²) < 4.78 is 10.4. The summed E-state index contributed by atoms with van der Waals surface area (Å²) in [5.41, 5.74) is 0. The van der Waals surface area contributed by atoms with E-state index in [1.807, 2.05) is 24.3 Å². The van der Waals surface area contributed by atoms with Crippen LogP contribution in [0.5, 0.6) is 5.75 Å². The molecule has 1 fully saturated rings. The number of rotatable bonds is 6. The van der Waals surface area contributed by atoms with Crippen molar-refractivity contribution in [3.63, 3.8) is 0 Å². The first-order valence-electron chi connectivity index (χ1n) is 6.87. The molecule has 1 aliphatic rings. The summed E-state index contributed by atoms with van der Waals surface area (Å²) in [6.07, 6.45) is 1.83. The molecule has 2 rings (SSSR count). The molecule has 0 amide bonds. The van der Waals surface area contributed by atoms with Crippen LogP contribution in [-0.4, -0.2) is 44.2 Å². The monoisotopic (exact) mass is 297 g/mol. The van der Waals surface area contributed by atoms with Gasteiger partial charge in [0.25, 0.3) is 0 Å². The third kappa shape index (κ3) is 4.39. The maximum absolute atomic E-state index is 11.4. The fourth-order valence-electron chi connectivity index (χ4n) is 2.40. The summed E-state index contributed by atoms with van der Waals surface area (Å²) in [4.78, 5) is 13.7. The van der Waals surface area contributed by atoms with E-state index in [1.54, 1.807) is 0 Å². The first-order chi connectivity index (χ1) is 9.69. The molecule has 1 aromatic carbocycles. The number of ether oxygens (including phenoxy) is 2. The van der Waals surface area contributed by atoms with E-state index in [9.17, 15) is 4.79 Å². The average molecular weight is 298 g/mol. The van der Waals surface area contributed by atoms with Crippen molar-refractivity contribution in [1.82, 2.24) is 4.90 Å². The van der Waals surface area contributed by atoms with Crippen molar-refractivity contribution in [1.29, 1.82) is 0 Å². The van der Waals surface area contributed by atoms with Gasteiger partial charge >= 0.3 is 5.97 Å². The smallest absolute Gasteiger partial charge is 0.310 e. The Kier molecular flexibility index (Phi) is 5.68. The molecule has 1 atom stereocenters. The van der Waals surface area contributed by atoms with E-state index in [1.165, 1.54) is 7.11 Å². The lowest BCUT2D eigenvalue weighted by molar-refractivity contribution is -0.144. The van der Waals surface area contributed by atoms with Crippen molar-refractivity contribution < 1.29 is 14.3 Å². The Labute approximate surface area is 124 Å². The Balaban J connectivity index is 1.62. The van der Waals surface area contributed by atoms with E-state index in [0.717, 1.165) is 38.2 Å². The normalized spacial score (nSPS) is 19.0. The summed E-state index contributed by atoms with van der Waals surface area (Å²) in [5.74, 6) is 0.783. The average Bonchev–Trinajstić information content (AvgIpc) is 2.93. The summed E-state index contributed by atoms with van der Waals surface area (Å²) in [7, 11) is 1.45. The second-order valence-electron chi connectivity index (χ2n) is 4.97. The van der Waals surface area contributed by atoms with Gasteiger partial charge in [-0.2, -0.15) is 0 Å². The van der Waals surface area contributed by atoms with Gasteiger partial charge in [-0.05, 0) is 43.7 Å². The van der Waals surface area contributed by atoms with Gasteiger partial charge in [-0.15, -0.1) is 0 Å². The Hall–Kier alpha value is -1.26. The molecule has 4 nitrogen and oxygen atoms in total. The van der Waals surface area contributed by atoms with Crippen LogP contribution in [0.25, 0.3) is 0 Å². The van der Waals surface area contributed by atoms with Crippen LogP contribution in [0.15, 0.2) is 24.3 Å². The molecule has 1 heterocycles. The molecule has 0 N–H and O–H groups in total. The molecular weight excluding hydrogens is 278 g/mol. The van der Waals surface area contributed by atoms with Crippen LogP contribution in [0.2, 0.25) is 5.02 Å². The number of nitrogens with zero attached hydrogens (tertiary/aromatic N) is 1. The number of carbonyl (C=O) groups excluding carboxylic acids is 1. The van der Waals surface area contributed by atoms with Gasteiger partial charge in [0.05, 0.1) is 19.6 Å². The molecule has 5 heteroatoms. The minimum atomic E-state index is -0.0927. The Morgan fingerprint density at radius 1 is 1.40 bits per heavy atom. The minimum Gasteiger partial charge on any atom is -0.494 e. The van der Waals surface area contributed by atoms with Gasteiger partial charge in [-0.1, -0.05) is 11.6 Å². The molecule has 1 unspecified atom stereocenters. The zero-order chi connectivity index (χ0) is 14.4. The van der Waals surface area contributed by atoms with Crippen LogP contribution in [0.1, 0.15) is 12.8 Å². The molecule has 1 aliphatic heterocycles. The van der Waals surface area contributed by atoms with Crippen molar-refractivity contribution in [3.8, 4) is 5.75 Å². The lowest BCUT2D eigenvalue weighted by atomic mass is 10.1. The molecule has 110 valence electrons. The van der Waals surface area contributed by atoms with Crippen molar-refractivity contribution in [2.24, 2.45) is 5.92 Å². The first-order valence-corrected chi connectivity index (χ1v) is 7.25. The largest absolute Gasteiger partial charge is 0.494 e. The Morgan fingerprint density at radius 2 is 2.15 bits per heavy atom. The second kappa shape index (κ2) is 7.50. The van der Waals surface area contributed by atoms with E-state index in [-0.39, 0.29) is 11.9 Å². The third-order valence-corrected chi connectivity index (χ3v) is 3.76. The lowest BCUT2D eigenvalue weighted by Crippen LogP contribution is -2.25. The van der Waals surface area contributed by atoms with E-state index in [2.05, 4.69) is 4.90 Å². The second-order valence-corrected chi connectivity index (χ2v) is 5.40. The summed E-state index contributed by atoms with van der Waals surface area (Å²) >= 11 is 5.81. The Bertz CT molecular complexity index is 435. The predicted molar refractivity (Wildman–Crippen MR) is 78.1 cm³/mol. The van der Waals surface area contributed by atoms with Gasteiger partial charge in [-0.25, -0.2) is 0 Å².